The summed E-state index contributed by atoms with van der Waals surface area (Å²) in [6.07, 6.45) is 13.4. The summed E-state index contributed by atoms with van der Waals surface area (Å²) < 4.78 is 35.6. The third-order valence-electron chi connectivity index (χ3n) is 4.68. The van der Waals surface area contributed by atoms with E-state index in [9.17, 15) is 12.8 Å². The highest BCUT2D eigenvalue weighted by atomic mass is 32.2. The van der Waals surface area contributed by atoms with Crippen LogP contribution >= 0.6 is 0 Å². The number of halogens is 1. The molecule has 0 spiro atoms. The van der Waals surface area contributed by atoms with Crippen molar-refractivity contribution in [3.63, 3.8) is 0 Å². The summed E-state index contributed by atoms with van der Waals surface area (Å²) in [5, 5.41) is 3.14. The molecule has 1 rings (SSSR count). The lowest BCUT2D eigenvalue weighted by Gasteiger charge is -2.25. The van der Waals surface area contributed by atoms with E-state index in [0.717, 1.165) is 42.9 Å². The Morgan fingerprint density at radius 3 is 2.70 bits per heavy atom. The van der Waals surface area contributed by atoms with Crippen molar-refractivity contribution >= 4 is 9.84 Å². The third-order valence-corrected chi connectivity index (χ3v) is 5.71. The van der Waals surface area contributed by atoms with Crippen LogP contribution in [0.2, 0.25) is 0 Å². The van der Waals surface area contributed by atoms with E-state index < -0.39 is 9.84 Å². The Labute approximate surface area is 181 Å². The van der Waals surface area contributed by atoms with Gasteiger partial charge in [-0.3, -0.25) is 4.90 Å². The first-order valence-corrected chi connectivity index (χ1v) is 12.2. The third kappa shape index (κ3) is 10.6. The molecule has 0 aliphatic carbocycles. The fourth-order valence-electron chi connectivity index (χ4n) is 3.27. The van der Waals surface area contributed by atoms with Gasteiger partial charge in [-0.1, -0.05) is 25.3 Å². The van der Waals surface area contributed by atoms with Crippen molar-refractivity contribution in [1.82, 2.24) is 15.1 Å². The first-order chi connectivity index (χ1) is 14.1. The molecule has 1 aliphatic heterocycles. The average molecular weight is 438 g/mol. The highest BCUT2D eigenvalue weighted by Gasteiger charge is 2.19. The molecule has 0 atom stereocenters. The number of sulfone groups is 1. The zero-order valence-corrected chi connectivity index (χ0v) is 19.3. The van der Waals surface area contributed by atoms with Gasteiger partial charge >= 0.3 is 0 Å². The van der Waals surface area contributed by atoms with Crippen LogP contribution in [0.15, 0.2) is 72.4 Å². The number of nitrogens with one attached hydrogen (secondary N) is 1. The molecule has 0 aromatic carbocycles. The van der Waals surface area contributed by atoms with Crippen LogP contribution in [0, 0.1) is 0 Å². The Bertz CT molecular complexity index is 806. The van der Waals surface area contributed by atoms with Crippen molar-refractivity contribution in [2.45, 2.75) is 19.8 Å². The molecule has 0 radical (unpaired) electrons. The van der Waals surface area contributed by atoms with Crippen LogP contribution in [0.25, 0.3) is 0 Å². The van der Waals surface area contributed by atoms with Gasteiger partial charge in [-0.15, -0.1) is 0 Å². The summed E-state index contributed by atoms with van der Waals surface area (Å²) in [6.45, 7) is 13.3. The van der Waals surface area contributed by atoms with Crippen LogP contribution in [-0.2, 0) is 9.84 Å². The second kappa shape index (κ2) is 13.2. The summed E-state index contributed by atoms with van der Waals surface area (Å²) in [5.74, 6) is -0.0479. The lowest BCUT2D eigenvalue weighted by Crippen LogP contribution is -2.30. The van der Waals surface area contributed by atoms with Gasteiger partial charge in [0.05, 0.1) is 11.6 Å². The fraction of sp³-hybridized carbons (Fsp3) is 0.478. The molecule has 168 valence electrons. The molecule has 0 aromatic heterocycles. The van der Waals surface area contributed by atoms with Gasteiger partial charge in [0.15, 0.2) is 0 Å². The van der Waals surface area contributed by atoms with Crippen LogP contribution in [0.5, 0.6) is 0 Å². The van der Waals surface area contributed by atoms with Gasteiger partial charge in [0.1, 0.15) is 9.84 Å². The average Bonchev–Trinajstić information content (AvgIpc) is 2.68. The van der Waals surface area contributed by atoms with Crippen molar-refractivity contribution in [3.8, 4) is 0 Å². The zero-order valence-electron chi connectivity index (χ0n) is 18.5. The van der Waals surface area contributed by atoms with Gasteiger partial charge in [0.2, 0.25) is 0 Å². The highest BCUT2D eigenvalue weighted by molar-refractivity contribution is 7.90. The van der Waals surface area contributed by atoms with Gasteiger partial charge in [-0.05, 0) is 61.9 Å². The maximum atomic E-state index is 12.7. The van der Waals surface area contributed by atoms with E-state index in [1.165, 1.54) is 19.3 Å². The molecule has 1 N–H and O–H groups in total. The predicted molar refractivity (Wildman–Crippen MR) is 126 cm³/mol. The fourth-order valence-corrected chi connectivity index (χ4v) is 3.92. The van der Waals surface area contributed by atoms with E-state index in [-0.39, 0.29) is 11.6 Å². The van der Waals surface area contributed by atoms with E-state index in [2.05, 4.69) is 41.4 Å². The Morgan fingerprint density at radius 2 is 2.07 bits per heavy atom. The summed E-state index contributed by atoms with van der Waals surface area (Å²) in [6, 6.07) is 0. The molecule has 30 heavy (non-hydrogen) atoms. The minimum absolute atomic E-state index is 0.198. The summed E-state index contributed by atoms with van der Waals surface area (Å²) in [7, 11) is -0.900. The quantitative estimate of drug-likeness (QED) is 0.441. The van der Waals surface area contributed by atoms with Gasteiger partial charge in [-0.25, -0.2) is 12.8 Å². The molecular weight excluding hydrogens is 401 g/mol. The summed E-state index contributed by atoms with van der Waals surface area (Å²) in [5.41, 5.74) is 3.06. The molecule has 1 saturated heterocycles. The first kappa shape index (κ1) is 25.9. The SMILES string of the molecule is C=C/C=C1\C(=C/CN/C=C/C=C(\C)F)C(=C)CN(CCCS(C)(=O)=O)CCCN1C. The Kier molecular flexibility index (Phi) is 11.4. The Balaban J connectivity index is 2.97. The molecule has 0 saturated carbocycles. The number of rotatable bonds is 9. The molecule has 0 amide bonds. The normalized spacial score (nSPS) is 20.5. The van der Waals surface area contributed by atoms with E-state index in [0.29, 0.717) is 19.5 Å². The standard InChI is InChI=1S/C23H36FN3O2S/c1-6-10-23-22(12-14-25-13-7-11-21(3)24)20(2)19-27(16-8-15-26(23)4)17-9-18-30(5,28)29/h6-7,10-13,25H,1-2,8-9,14-19H2,3-5H3/b13-7+,21-11+,22-12-,23-10+. The zero-order chi connectivity index (χ0) is 22.6. The van der Waals surface area contributed by atoms with E-state index in [4.69, 9.17) is 0 Å². The molecule has 1 aliphatic rings. The van der Waals surface area contributed by atoms with Gasteiger partial charge in [0.25, 0.3) is 0 Å². The van der Waals surface area contributed by atoms with Crippen LogP contribution in [0.1, 0.15) is 19.8 Å². The highest BCUT2D eigenvalue weighted by Crippen LogP contribution is 2.24. The first-order valence-electron chi connectivity index (χ1n) is 10.2. The van der Waals surface area contributed by atoms with E-state index in [1.54, 1.807) is 18.4 Å². The van der Waals surface area contributed by atoms with Crippen LogP contribution in [0.3, 0.4) is 0 Å². The molecular formula is C23H36FN3O2S. The topological polar surface area (TPSA) is 52.7 Å². The smallest absolute Gasteiger partial charge is 0.147 e. The van der Waals surface area contributed by atoms with Crippen molar-refractivity contribution in [2.75, 3.05) is 51.8 Å². The Hall–Kier alpha value is -2.12. The Morgan fingerprint density at radius 1 is 1.33 bits per heavy atom. The van der Waals surface area contributed by atoms with Gasteiger partial charge in [0, 0.05) is 45.2 Å². The minimum atomic E-state index is -2.95. The molecule has 1 heterocycles. The second-order valence-corrected chi connectivity index (χ2v) is 9.82. The lowest BCUT2D eigenvalue weighted by molar-refractivity contribution is 0.284. The predicted octanol–water partition coefficient (Wildman–Crippen LogP) is 3.59. The minimum Gasteiger partial charge on any atom is -0.387 e. The molecule has 0 unspecified atom stereocenters. The number of likely N-dealkylation sites (N-methyl/N-ethyl adjacent to an activating group) is 1. The van der Waals surface area contributed by atoms with Crippen LogP contribution < -0.4 is 5.32 Å². The summed E-state index contributed by atoms with van der Waals surface area (Å²) >= 11 is 0. The summed E-state index contributed by atoms with van der Waals surface area (Å²) in [4.78, 5) is 4.47. The largest absolute Gasteiger partial charge is 0.387 e. The monoisotopic (exact) mass is 437 g/mol. The molecule has 0 aromatic rings. The second-order valence-electron chi connectivity index (χ2n) is 7.56. The number of hydrogen-bond acceptors (Lipinski definition) is 5. The number of allylic oxidation sites excluding steroid dienone is 6. The number of nitrogens with zero attached hydrogens (tertiary/aromatic N) is 2. The van der Waals surface area contributed by atoms with Crippen LogP contribution in [0.4, 0.5) is 4.39 Å². The van der Waals surface area contributed by atoms with Crippen LogP contribution in [-0.4, -0.2) is 70.0 Å². The molecule has 7 heteroatoms. The van der Waals surface area contributed by atoms with Gasteiger partial charge < -0.3 is 10.2 Å². The van der Waals surface area contributed by atoms with Gasteiger partial charge in [-0.2, -0.15) is 0 Å². The molecule has 1 fully saturated rings. The molecule has 0 bridgehead atoms. The van der Waals surface area contributed by atoms with E-state index >= 15 is 0 Å². The maximum absolute atomic E-state index is 12.7. The van der Waals surface area contributed by atoms with Crippen molar-refractivity contribution in [3.05, 3.63) is 72.4 Å². The maximum Gasteiger partial charge on any atom is 0.147 e. The van der Waals surface area contributed by atoms with Crippen molar-refractivity contribution in [1.29, 1.82) is 0 Å². The molecule has 5 nitrogen and oxygen atoms in total. The van der Waals surface area contributed by atoms with E-state index in [1.807, 2.05) is 6.08 Å². The van der Waals surface area contributed by atoms with Crippen molar-refractivity contribution < 1.29 is 12.8 Å². The number of hydrogen-bond donors (Lipinski definition) is 1. The lowest BCUT2D eigenvalue weighted by atomic mass is 10.0. The van der Waals surface area contributed by atoms with Crippen molar-refractivity contribution in [2.24, 2.45) is 0 Å².